The highest BCUT2D eigenvalue weighted by Gasteiger charge is 2.18. The minimum absolute atomic E-state index is 0.0348. The maximum Gasteiger partial charge on any atom is 0.373 e. The van der Waals surface area contributed by atoms with E-state index in [0.29, 0.717) is 5.75 Å². The smallest absolute Gasteiger partial charge is 0.373 e. The molecule has 3 aromatic rings. The van der Waals surface area contributed by atoms with Crippen LogP contribution < -0.4 is 4.74 Å². The molecule has 0 amide bonds. The van der Waals surface area contributed by atoms with E-state index in [2.05, 4.69) is 6.58 Å². The SMILES string of the molecule is C=C(Oc1c(-c2ccccc2)cccc1-c1ccccc1)C(=O)OCC. The van der Waals surface area contributed by atoms with E-state index in [1.807, 2.05) is 78.9 Å². The van der Waals surface area contributed by atoms with Crippen molar-refractivity contribution >= 4 is 5.97 Å². The van der Waals surface area contributed by atoms with Gasteiger partial charge in [-0.1, -0.05) is 78.9 Å². The van der Waals surface area contributed by atoms with Gasteiger partial charge in [-0.3, -0.25) is 0 Å². The fourth-order valence-corrected chi connectivity index (χ4v) is 2.71. The minimum Gasteiger partial charge on any atom is -0.460 e. The van der Waals surface area contributed by atoms with Gasteiger partial charge in [-0.15, -0.1) is 0 Å². The quantitative estimate of drug-likeness (QED) is 0.338. The zero-order chi connectivity index (χ0) is 18.4. The second-order valence-electron chi connectivity index (χ2n) is 5.66. The van der Waals surface area contributed by atoms with Gasteiger partial charge in [0, 0.05) is 11.1 Å². The number of rotatable bonds is 6. The van der Waals surface area contributed by atoms with Gasteiger partial charge in [0.1, 0.15) is 5.75 Å². The molecule has 0 aliphatic heterocycles. The molecule has 0 spiro atoms. The molecule has 0 aromatic heterocycles. The second kappa shape index (κ2) is 8.17. The van der Waals surface area contributed by atoms with Gasteiger partial charge >= 0.3 is 5.97 Å². The van der Waals surface area contributed by atoms with E-state index in [9.17, 15) is 4.79 Å². The Morgan fingerprint density at radius 2 is 1.31 bits per heavy atom. The van der Waals surface area contributed by atoms with E-state index in [-0.39, 0.29) is 12.4 Å². The highest BCUT2D eigenvalue weighted by atomic mass is 16.6. The van der Waals surface area contributed by atoms with Gasteiger partial charge in [0.2, 0.25) is 5.76 Å². The van der Waals surface area contributed by atoms with Crippen molar-refractivity contribution in [2.24, 2.45) is 0 Å². The summed E-state index contributed by atoms with van der Waals surface area (Å²) < 4.78 is 10.9. The van der Waals surface area contributed by atoms with E-state index in [1.54, 1.807) is 6.92 Å². The number of esters is 1. The van der Waals surface area contributed by atoms with Crippen LogP contribution in [0.1, 0.15) is 6.92 Å². The van der Waals surface area contributed by atoms with Crippen LogP contribution in [0.5, 0.6) is 5.75 Å². The molecule has 26 heavy (non-hydrogen) atoms. The fourth-order valence-electron chi connectivity index (χ4n) is 2.71. The van der Waals surface area contributed by atoms with Crippen molar-refractivity contribution in [1.82, 2.24) is 0 Å². The predicted octanol–water partition coefficient (Wildman–Crippen LogP) is 5.48. The lowest BCUT2D eigenvalue weighted by atomic mass is 9.97. The van der Waals surface area contributed by atoms with Gasteiger partial charge < -0.3 is 9.47 Å². The van der Waals surface area contributed by atoms with Crippen molar-refractivity contribution in [3.05, 3.63) is 91.2 Å². The monoisotopic (exact) mass is 344 g/mol. The lowest BCUT2D eigenvalue weighted by molar-refractivity contribution is -0.140. The van der Waals surface area contributed by atoms with Crippen molar-refractivity contribution in [3.63, 3.8) is 0 Å². The van der Waals surface area contributed by atoms with Crippen LogP contribution in [-0.2, 0) is 9.53 Å². The van der Waals surface area contributed by atoms with Crippen molar-refractivity contribution in [1.29, 1.82) is 0 Å². The third-order valence-corrected chi connectivity index (χ3v) is 3.91. The molecular formula is C23H20O3. The number of hydrogen-bond donors (Lipinski definition) is 0. The van der Waals surface area contributed by atoms with Crippen molar-refractivity contribution < 1.29 is 14.3 Å². The van der Waals surface area contributed by atoms with Crippen molar-refractivity contribution in [2.75, 3.05) is 6.61 Å². The van der Waals surface area contributed by atoms with E-state index < -0.39 is 5.97 Å². The van der Waals surface area contributed by atoms with Gasteiger partial charge in [-0.05, 0) is 24.6 Å². The number of hydrogen-bond acceptors (Lipinski definition) is 3. The third kappa shape index (κ3) is 3.83. The summed E-state index contributed by atoms with van der Waals surface area (Å²) in [5, 5.41) is 0. The highest BCUT2D eigenvalue weighted by molar-refractivity contribution is 5.88. The Morgan fingerprint density at radius 1 is 0.808 bits per heavy atom. The summed E-state index contributed by atoms with van der Waals surface area (Å²) in [5.41, 5.74) is 3.77. The van der Waals surface area contributed by atoms with Gasteiger partial charge in [0.25, 0.3) is 0 Å². The Kier molecular flexibility index (Phi) is 5.49. The van der Waals surface area contributed by atoms with E-state index in [0.717, 1.165) is 22.3 Å². The zero-order valence-electron chi connectivity index (χ0n) is 14.6. The van der Waals surface area contributed by atoms with Crippen LogP contribution in [0.2, 0.25) is 0 Å². The first-order valence-corrected chi connectivity index (χ1v) is 8.48. The second-order valence-corrected chi connectivity index (χ2v) is 5.66. The summed E-state index contributed by atoms with van der Waals surface area (Å²) in [6.45, 7) is 5.76. The standard InChI is InChI=1S/C23H20O3/c1-3-25-23(24)17(2)26-22-20(18-11-6-4-7-12-18)15-10-16-21(22)19-13-8-5-9-14-19/h4-16H,2-3H2,1H3. The van der Waals surface area contributed by atoms with Gasteiger partial charge in [0.05, 0.1) is 6.61 Å². The minimum atomic E-state index is -0.561. The zero-order valence-corrected chi connectivity index (χ0v) is 14.6. The topological polar surface area (TPSA) is 35.5 Å². The summed E-state index contributed by atoms with van der Waals surface area (Å²) in [6, 6.07) is 25.7. The predicted molar refractivity (Wildman–Crippen MR) is 104 cm³/mol. The Bertz CT molecular complexity index is 842. The number of para-hydroxylation sites is 1. The molecule has 130 valence electrons. The van der Waals surface area contributed by atoms with Gasteiger partial charge in [0.15, 0.2) is 0 Å². The Labute approximate surface area is 153 Å². The maximum atomic E-state index is 12.0. The Morgan fingerprint density at radius 3 is 1.77 bits per heavy atom. The first kappa shape index (κ1) is 17.5. The molecule has 0 heterocycles. The number of ether oxygens (including phenoxy) is 2. The summed E-state index contributed by atoms with van der Waals surface area (Å²) in [4.78, 5) is 12.0. The largest absolute Gasteiger partial charge is 0.460 e. The summed E-state index contributed by atoms with van der Waals surface area (Å²) in [6.07, 6.45) is 0. The summed E-state index contributed by atoms with van der Waals surface area (Å²) in [5.74, 6) is -0.00950. The Balaban J connectivity index is 2.11. The van der Waals surface area contributed by atoms with Crippen LogP contribution >= 0.6 is 0 Å². The Hall–Kier alpha value is -3.33. The molecule has 0 aliphatic rings. The van der Waals surface area contributed by atoms with Gasteiger partial charge in [-0.25, -0.2) is 4.79 Å². The summed E-state index contributed by atoms with van der Waals surface area (Å²) >= 11 is 0. The number of carbonyl (C=O) groups is 1. The molecule has 0 unspecified atom stereocenters. The van der Waals surface area contributed by atoms with Crippen LogP contribution in [0.25, 0.3) is 22.3 Å². The van der Waals surface area contributed by atoms with Crippen molar-refractivity contribution in [2.45, 2.75) is 6.92 Å². The van der Waals surface area contributed by atoms with Crippen LogP contribution in [-0.4, -0.2) is 12.6 Å². The molecule has 0 N–H and O–H groups in total. The van der Waals surface area contributed by atoms with Crippen LogP contribution in [0.4, 0.5) is 0 Å². The molecular weight excluding hydrogens is 324 g/mol. The average molecular weight is 344 g/mol. The molecule has 0 aliphatic carbocycles. The highest BCUT2D eigenvalue weighted by Crippen LogP contribution is 2.39. The van der Waals surface area contributed by atoms with E-state index in [1.165, 1.54) is 0 Å². The first-order valence-electron chi connectivity index (χ1n) is 8.48. The normalized spacial score (nSPS) is 10.2. The van der Waals surface area contributed by atoms with E-state index in [4.69, 9.17) is 9.47 Å². The maximum absolute atomic E-state index is 12.0. The molecule has 0 bridgehead atoms. The molecule has 3 heteroatoms. The molecule has 0 fully saturated rings. The molecule has 0 radical (unpaired) electrons. The van der Waals surface area contributed by atoms with Crippen LogP contribution in [0.15, 0.2) is 91.2 Å². The number of carbonyl (C=O) groups excluding carboxylic acids is 1. The lowest BCUT2D eigenvalue weighted by Gasteiger charge is -2.17. The molecule has 3 aromatic carbocycles. The van der Waals surface area contributed by atoms with Crippen LogP contribution in [0.3, 0.4) is 0 Å². The molecule has 3 rings (SSSR count). The van der Waals surface area contributed by atoms with Gasteiger partial charge in [-0.2, -0.15) is 0 Å². The average Bonchev–Trinajstić information content (AvgIpc) is 2.69. The molecule has 3 nitrogen and oxygen atoms in total. The molecule has 0 saturated heterocycles. The number of benzene rings is 3. The first-order chi connectivity index (χ1) is 12.7. The van der Waals surface area contributed by atoms with E-state index >= 15 is 0 Å². The fraction of sp³-hybridized carbons (Fsp3) is 0.0870. The third-order valence-electron chi connectivity index (χ3n) is 3.91. The summed E-state index contributed by atoms with van der Waals surface area (Å²) in [7, 11) is 0. The molecule has 0 saturated carbocycles. The van der Waals surface area contributed by atoms with Crippen LogP contribution in [0, 0.1) is 0 Å². The lowest BCUT2D eigenvalue weighted by Crippen LogP contribution is -2.12. The van der Waals surface area contributed by atoms with Crippen molar-refractivity contribution in [3.8, 4) is 28.0 Å². The molecule has 0 atom stereocenters.